The van der Waals surface area contributed by atoms with E-state index in [-0.39, 0.29) is 11.9 Å². The summed E-state index contributed by atoms with van der Waals surface area (Å²) in [4.78, 5) is 18.5. The lowest BCUT2D eigenvalue weighted by Gasteiger charge is -2.25. The molecule has 0 aromatic carbocycles. The second kappa shape index (κ2) is 7.85. The van der Waals surface area contributed by atoms with Crippen molar-refractivity contribution >= 4 is 11.7 Å². The lowest BCUT2D eigenvalue weighted by molar-refractivity contribution is 0.0916. The molecule has 0 radical (unpaired) electrons. The van der Waals surface area contributed by atoms with E-state index in [9.17, 15) is 4.79 Å². The van der Waals surface area contributed by atoms with Gasteiger partial charge in [-0.05, 0) is 39.1 Å². The van der Waals surface area contributed by atoms with Crippen LogP contribution in [-0.2, 0) is 0 Å². The lowest BCUT2D eigenvalue weighted by Crippen LogP contribution is -2.45. The maximum absolute atomic E-state index is 12.2. The quantitative estimate of drug-likeness (QED) is 0.799. The van der Waals surface area contributed by atoms with Crippen molar-refractivity contribution in [1.29, 1.82) is 0 Å². The Morgan fingerprint density at radius 2 is 2.05 bits per heavy atom. The van der Waals surface area contributed by atoms with Gasteiger partial charge in [0, 0.05) is 25.3 Å². The zero-order valence-electron chi connectivity index (χ0n) is 13.1. The molecule has 112 valence electrons. The van der Waals surface area contributed by atoms with E-state index in [0.29, 0.717) is 11.5 Å². The summed E-state index contributed by atoms with van der Waals surface area (Å²) in [7, 11) is 4.02. The lowest BCUT2D eigenvalue weighted by atomic mass is 10.0. The number of aromatic nitrogens is 1. The molecule has 1 aromatic rings. The summed E-state index contributed by atoms with van der Waals surface area (Å²) in [5.41, 5.74) is 0.594. The Hall–Kier alpha value is -1.62. The van der Waals surface area contributed by atoms with Crippen LogP contribution in [0, 0.1) is 5.92 Å². The Morgan fingerprint density at radius 3 is 2.50 bits per heavy atom. The van der Waals surface area contributed by atoms with Gasteiger partial charge in [-0.3, -0.25) is 4.79 Å². The highest BCUT2D eigenvalue weighted by molar-refractivity contribution is 5.94. The van der Waals surface area contributed by atoms with Crippen LogP contribution in [0.1, 0.15) is 31.1 Å². The Balaban J connectivity index is 2.68. The van der Waals surface area contributed by atoms with E-state index in [0.717, 1.165) is 18.9 Å². The summed E-state index contributed by atoms with van der Waals surface area (Å²) in [6.07, 6.45) is 1.61. The molecule has 0 aliphatic heterocycles. The standard InChI is InChI=1S/C15H26N4O/c1-6-16-14-8-7-12(9-17-14)15(20)18-13(11(2)3)10-19(4)5/h7-9,11,13H,6,10H2,1-5H3,(H,16,17)(H,18,20). The molecule has 0 spiro atoms. The molecule has 1 heterocycles. The molecule has 0 aliphatic carbocycles. The van der Waals surface area contributed by atoms with E-state index in [1.165, 1.54) is 0 Å². The number of likely N-dealkylation sites (N-methyl/N-ethyl adjacent to an activating group) is 1. The average molecular weight is 278 g/mol. The molecule has 2 N–H and O–H groups in total. The van der Waals surface area contributed by atoms with Gasteiger partial charge in [0.2, 0.25) is 0 Å². The SMILES string of the molecule is CCNc1ccc(C(=O)NC(CN(C)C)C(C)C)cn1. The molecule has 0 saturated heterocycles. The third-order valence-electron chi connectivity index (χ3n) is 3.07. The average Bonchev–Trinajstić information content (AvgIpc) is 2.38. The topological polar surface area (TPSA) is 57.3 Å². The van der Waals surface area contributed by atoms with Gasteiger partial charge < -0.3 is 15.5 Å². The molecule has 5 nitrogen and oxygen atoms in total. The molecule has 0 bridgehead atoms. The van der Waals surface area contributed by atoms with Crippen molar-refractivity contribution in [2.45, 2.75) is 26.8 Å². The summed E-state index contributed by atoms with van der Waals surface area (Å²) in [5, 5.41) is 6.18. The Morgan fingerprint density at radius 1 is 1.35 bits per heavy atom. The number of nitrogens with one attached hydrogen (secondary N) is 2. The predicted molar refractivity (Wildman–Crippen MR) is 83.0 cm³/mol. The van der Waals surface area contributed by atoms with E-state index in [4.69, 9.17) is 0 Å². The number of amides is 1. The van der Waals surface area contributed by atoms with Crippen LogP contribution in [0.3, 0.4) is 0 Å². The molecule has 20 heavy (non-hydrogen) atoms. The highest BCUT2D eigenvalue weighted by atomic mass is 16.1. The summed E-state index contributed by atoms with van der Waals surface area (Å²) in [5.74, 6) is 1.11. The number of rotatable bonds is 7. The smallest absolute Gasteiger partial charge is 0.253 e. The van der Waals surface area contributed by atoms with Gasteiger partial charge in [0.05, 0.1) is 5.56 Å². The van der Waals surface area contributed by atoms with Gasteiger partial charge in [0.25, 0.3) is 5.91 Å². The summed E-state index contributed by atoms with van der Waals surface area (Å²) < 4.78 is 0. The van der Waals surface area contributed by atoms with Crippen molar-refractivity contribution in [2.75, 3.05) is 32.5 Å². The highest BCUT2D eigenvalue weighted by Gasteiger charge is 2.18. The number of anilines is 1. The van der Waals surface area contributed by atoms with Gasteiger partial charge >= 0.3 is 0 Å². The second-order valence-corrected chi connectivity index (χ2v) is 5.55. The van der Waals surface area contributed by atoms with Crippen LogP contribution >= 0.6 is 0 Å². The van der Waals surface area contributed by atoms with Gasteiger partial charge in [0.1, 0.15) is 5.82 Å². The van der Waals surface area contributed by atoms with Crippen molar-refractivity contribution in [2.24, 2.45) is 5.92 Å². The zero-order chi connectivity index (χ0) is 15.1. The molecule has 5 heteroatoms. The third-order valence-corrected chi connectivity index (χ3v) is 3.07. The molecule has 1 rings (SSSR count). The second-order valence-electron chi connectivity index (χ2n) is 5.55. The monoisotopic (exact) mass is 278 g/mol. The van der Waals surface area contributed by atoms with Crippen LogP contribution in [0.25, 0.3) is 0 Å². The summed E-state index contributed by atoms with van der Waals surface area (Å²) in [6.45, 7) is 7.88. The first-order valence-corrected chi connectivity index (χ1v) is 7.09. The number of hydrogen-bond acceptors (Lipinski definition) is 4. The molecule has 1 atom stereocenters. The molecule has 0 saturated carbocycles. The van der Waals surface area contributed by atoms with Crippen LogP contribution in [0.15, 0.2) is 18.3 Å². The maximum atomic E-state index is 12.2. The number of carbonyl (C=O) groups excluding carboxylic acids is 1. The van der Waals surface area contributed by atoms with Crippen LogP contribution in [0.4, 0.5) is 5.82 Å². The van der Waals surface area contributed by atoms with Gasteiger partial charge in [-0.2, -0.15) is 0 Å². The summed E-state index contributed by atoms with van der Waals surface area (Å²) in [6, 6.07) is 3.76. The van der Waals surface area contributed by atoms with Crippen LogP contribution in [-0.4, -0.2) is 49.0 Å². The van der Waals surface area contributed by atoms with Crippen LogP contribution < -0.4 is 10.6 Å². The largest absolute Gasteiger partial charge is 0.370 e. The van der Waals surface area contributed by atoms with Crippen LogP contribution in [0.5, 0.6) is 0 Å². The Labute approximate surface area is 121 Å². The summed E-state index contributed by atoms with van der Waals surface area (Å²) >= 11 is 0. The van der Waals surface area contributed by atoms with Gasteiger partial charge in [-0.15, -0.1) is 0 Å². The van der Waals surface area contributed by atoms with Gasteiger partial charge in [-0.25, -0.2) is 4.98 Å². The number of hydrogen-bond donors (Lipinski definition) is 2. The van der Waals surface area contributed by atoms with E-state index in [1.54, 1.807) is 12.3 Å². The molecular formula is C15H26N4O. The third kappa shape index (κ3) is 5.17. The van der Waals surface area contributed by atoms with Gasteiger partial charge in [0.15, 0.2) is 0 Å². The first-order chi connectivity index (χ1) is 9.43. The van der Waals surface area contributed by atoms with Crippen LogP contribution in [0.2, 0.25) is 0 Å². The first-order valence-electron chi connectivity index (χ1n) is 7.09. The fourth-order valence-corrected chi connectivity index (χ4v) is 1.88. The molecule has 0 aliphatic rings. The number of nitrogens with zero attached hydrogens (tertiary/aromatic N) is 2. The molecule has 1 aromatic heterocycles. The molecule has 1 amide bonds. The Bertz CT molecular complexity index is 414. The first kappa shape index (κ1) is 16.4. The minimum absolute atomic E-state index is 0.0684. The Kier molecular flexibility index (Phi) is 6.45. The maximum Gasteiger partial charge on any atom is 0.253 e. The fraction of sp³-hybridized carbons (Fsp3) is 0.600. The van der Waals surface area contributed by atoms with Gasteiger partial charge in [-0.1, -0.05) is 13.8 Å². The van der Waals surface area contributed by atoms with Crippen molar-refractivity contribution in [1.82, 2.24) is 15.2 Å². The normalized spacial score (nSPS) is 12.6. The van der Waals surface area contributed by atoms with Crippen molar-refractivity contribution < 1.29 is 4.79 Å². The van der Waals surface area contributed by atoms with E-state index in [1.807, 2.05) is 27.1 Å². The number of pyridine rings is 1. The highest BCUT2D eigenvalue weighted by Crippen LogP contribution is 2.07. The number of carbonyl (C=O) groups is 1. The van der Waals surface area contributed by atoms with Crippen molar-refractivity contribution in [3.8, 4) is 0 Å². The molecule has 0 fully saturated rings. The van der Waals surface area contributed by atoms with E-state index >= 15 is 0 Å². The van der Waals surface area contributed by atoms with E-state index < -0.39 is 0 Å². The zero-order valence-corrected chi connectivity index (χ0v) is 13.1. The minimum atomic E-state index is -0.0684. The van der Waals surface area contributed by atoms with Crippen molar-refractivity contribution in [3.05, 3.63) is 23.9 Å². The predicted octanol–water partition coefficient (Wildman–Crippen LogP) is 1.83. The van der Waals surface area contributed by atoms with Crippen molar-refractivity contribution in [3.63, 3.8) is 0 Å². The molecular weight excluding hydrogens is 252 g/mol. The van der Waals surface area contributed by atoms with E-state index in [2.05, 4.69) is 34.4 Å². The fourth-order valence-electron chi connectivity index (χ4n) is 1.88. The molecule has 1 unspecified atom stereocenters. The minimum Gasteiger partial charge on any atom is -0.370 e.